The summed E-state index contributed by atoms with van der Waals surface area (Å²) in [4.78, 5) is 23.3. The van der Waals surface area contributed by atoms with Crippen LogP contribution in [-0.4, -0.2) is 23.3 Å². The minimum Gasteiger partial charge on any atom is -0.396 e. The third kappa shape index (κ3) is 1.17. The zero-order valence-corrected chi connectivity index (χ0v) is 7.56. The fraction of sp³-hybridized carbons (Fsp3) is 0.273. The van der Waals surface area contributed by atoms with E-state index in [0.29, 0.717) is 11.1 Å². The molecule has 0 bridgehead atoms. The average molecular weight is 190 g/mol. The molecule has 0 aliphatic heterocycles. The van der Waals surface area contributed by atoms with Gasteiger partial charge in [0.25, 0.3) is 0 Å². The Hall–Kier alpha value is -1.48. The number of benzene rings is 1. The number of carbonyl (C=O) groups excluding carboxylic acids is 2. The molecule has 0 amide bonds. The van der Waals surface area contributed by atoms with Gasteiger partial charge >= 0.3 is 0 Å². The first-order valence-corrected chi connectivity index (χ1v) is 4.54. The molecule has 0 atom stereocenters. The Balaban J connectivity index is 2.43. The molecule has 0 heterocycles. The zero-order chi connectivity index (χ0) is 10.1. The molecule has 3 heteroatoms. The van der Waals surface area contributed by atoms with Gasteiger partial charge in [-0.2, -0.15) is 0 Å². The van der Waals surface area contributed by atoms with Gasteiger partial charge in [-0.15, -0.1) is 0 Å². The molecule has 1 aromatic carbocycles. The average Bonchev–Trinajstić information content (AvgIpc) is 2.45. The number of fused-ring (bicyclic) bond motifs is 1. The third-order valence-electron chi connectivity index (χ3n) is 2.51. The van der Waals surface area contributed by atoms with E-state index in [-0.39, 0.29) is 24.6 Å². The number of rotatable bonds is 2. The van der Waals surface area contributed by atoms with Crippen LogP contribution in [0.15, 0.2) is 24.3 Å². The minimum absolute atomic E-state index is 0.129. The van der Waals surface area contributed by atoms with Crippen LogP contribution in [0, 0.1) is 5.92 Å². The number of aliphatic hydroxyl groups excluding tert-OH is 1. The maximum absolute atomic E-state index is 11.7. The number of hydrogen-bond acceptors (Lipinski definition) is 3. The second-order valence-electron chi connectivity index (χ2n) is 3.34. The molecule has 0 unspecified atom stereocenters. The van der Waals surface area contributed by atoms with Crippen molar-refractivity contribution in [1.29, 1.82) is 0 Å². The summed E-state index contributed by atoms with van der Waals surface area (Å²) in [5, 5.41) is 8.74. The molecule has 1 aliphatic rings. The van der Waals surface area contributed by atoms with Crippen molar-refractivity contribution < 1.29 is 14.7 Å². The summed E-state index contributed by atoms with van der Waals surface area (Å²) in [5.74, 6) is -0.961. The van der Waals surface area contributed by atoms with E-state index in [1.165, 1.54) is 0 Å². The summed E-state index contributed by atoms with van der Waals surface area (Å²) in [6.45, 7) is -0.129. The zero-order valence-electron chi connectivity index (χ0n) is 7.56. The molecule has 0 radical (unpaired) electrons. The second kappa shape index (κ2) is 3.35. The summed E-state index contributed by atoms with van der Waals surface area (Å²) < 4.78 is 0. The molecule has 0 spiro atoms. The van der Waals surface area contributed by atoms with Crippen molar-refractivity contribution >= 4 is 11.6 Å². The largest absolute Gasteiger partial charge is 0.396 e. The summed E-state index contributed by atoms with van der Waals surface area (Å²) in [5.41, 5.74) is 0.993. The molecule has 72 valence electrons. The molecule has 1 aromatic rings. The number of carbonyl (C=O) groups is 2. The quantitative estimate of drug-likeness (QED) is 0.709. The molecular weight excluding hydrogens is 180 g/mol. The predicted octanol–water partition coefficient (Wildman–Crippen LogP) is 1.06. The fourth-order valence-electron chi connectivity index (χ4n) is 1.80. The van der Waals surface area contributed by atoms with Gasteiger partial charge < -0.3 is 5.11 Å². The van der Waals surface area contributed by atoms with Crippen molar-refractivity contribution in [2.75, 3.05) is 6.61 Å². The first-order chi connectivity index (χ1) is 6.75. The molecule has 0 saturated heterocycles. The maximum Gasteiger partial charge on any atom is 0.174 e. The van der Waals surface area contributed by atoms with Crippen LogP contribution in [0.1, 0.15) is 27.1 Å². The van der Waals surface area contributed by atoms with Crippen LogP contribution in [0.3, 0.4) is 0 Å². The van der Waals surface area contributed by atoms with Gasteiger partial charge in [0.2, 0.25) is 0 Å². The summed E-state index contributed by atoms with van der Waals surface area (Å²) in [6, 6.07) is 6.80. The number of hydrogen-bond donors (Lipinski definition) is 1. The molecule has 0 aromatic heterocycles. The molecule has 1 N–H and O–H groups in total. The van der Waals surface area contributed by atoms with Crippen molar-refractivity contribution in [1.82, 2.24) is 0 Å². The summed E-state index contributed by atoms with van der Waals surface area (Å²) in [6.07, 6.45) is 0.229. The Labute approximate surface area is 81.4 Å². The van der Waals surface area contributed by atoms with Crippen molar-refractivity contribution in [2.24, 2.45) is 5.92 Å². The molecule has 2 rings (SSSR count). The number of ketones is 2. The van der Waals surface area contributed by atoms with Crippen LogP contribution < -0.4 is 0 Å². The van der Waals surface area contributed by atoms with E-state index >= 15 is 0 Å². The Morgan fingerprint density at radius 2 is 1.57 bits per heavy atom. The first kappa shape index (κ1) is 9.09. The van der Waals surface area contributed by atoms with Gasteiger partial charge in [-0.25, -0.2) is 0 Å². The van der Waals surface area contributed by atoms with Crippen molar-refractivity contribution in [3.63, 3.8) is 0 Å². The lowest BCUT2D eigenvalue weighted by Crippen LogP contribution is -2.16. The highest BCUT2D eigenvalue weighted by molar-refractivity contribution is 6.26. The summed E-state index contributed by atoms with van der Waals surface area (Å²) >= 11 is 0. The Morgan fingerprint density at radius 1 is 1.07 bits per heavy atom. The Bertz CT molecular complexity index is 360. The molecule has 1 aliphatic carbocycles. The van der Waals surface area contributed by atoms with Gasteiger partial charge in [-0.1, -0.05) is 24.3 Å². The Kier molecular flexibility index (Phi) is 2.17. The smallest absolute Gasteiger partial charge is 0.174 e. The van der Waals surface area contributed by atoms with Crippen LogP contribution in [0.25, 0.3) is 0 Å². The normalized spacial score (nSPS) is 16.1. The molecular formula is C11H10O3. The third-order valence-corrected chi connectivity index (χ3v) is 2.51. The van der Waals surface area contributed by atoms with E-state index < -0.39 is 5.92 Å². The van der Waals surface area contributed by atoms with Crippen LogP contribution in [-0.2, 0) is 0 Å². The number of Topliss-reactive ketones (excluding diaryl/α,β-unsaturated/α-hetero) is 2. The first-order valence-electron chi connectivity index (χ1n) is 4.54. The predicted molar refractivity (Wildman–Crippen MR) is 50.3 cm³/mol. The Morgan fingerprint density at radius 3 is 2.00 bits per heavy atom. The van der Waals surface area contributed by atoms with E-state index in [1.54, 1.807) is 24.3 Å². The van der Waals surface area contributed by atoms with Gasteiger partial charge in [0.05, 0.1) is 5.92 Å². The van der Waals surface area contributed by atoms with Gasteiger partial charge in [0.1, 0.15) is 0 Å². The lowest BCUT2D eigenvalue weighted by molar-refractivity contribution is 0.0811. The highest BCUT2D eigenvalue weighted by Gasteiger charge is 2.37. The van der Waals surface area contributed by atoms with Crippen molar-refractivity contribution in [2.45, 2.75) is 6.42 Å². The van der Waals surface area contributed by atoms with E-state index in [1.807, 2.05) is 0 Å². The van der Waals surface area contributed by atoms with Crippen LogP contribution in [0.2, 0.25) is 0 Å². The standard InChI is InChI=1S/C11H10O3/c12-6-5-9-10(13)7-3-1-2-4-8(7)11(9)14/h1-4,9,12H,5-6H2. The molecule has 14 heavy (non-hydrogen) atoms. The molecule has 3 nitrogen and oxygen atoms in total. The highest BCUT2D eigenvalue weighted by atomic mass is 16.3. The maximum atomic E-state index is 11.7. The minimum atomic E-state index is -0.655. The van der Waals surface area contributed by atoms with Crippen LogP contribution >= 0.6 is 0 Å². The van der Waals surface area contributed by atoms with Crippen LogP contribution in [0.5, 0.6) is 0 Å². The monoisotopic (exact) mass is 190 g/mol. The second-order valence-corrected chi connectivity index (χ2v) is 3.34. The van der Waals surface area contributed by atoms with Gasteiger partial charge in [0.15, 0.2) is 11.6 Å². The van der Waals surface area contributed by atoms with E-state index in [2.05, 4.69) is 0 Å². The van der Waals surface area contributed by atoms with Crippen molar-refractivity contribution in [3.05, 3.63) is 35.4 Å². The van der Waals surface area contributed by atoms with Gasteiger partial charge in [-0.3, -0.25) is 9.59 Å². The van der Waals surface area contributed by atoms with E-state index in [9.17, 15) is 9.59 Å². The molecule has 0 fully saturated rings. The summed E-state index contributed by atoms with van der Waals surface area (Å²) in [7, 11) is 0. The topological polar surface area (TPSA) is 54.4 Å². The van der Waals surface area contributed by atoms with E-state index in [0.717, 1.165) is 0 Å². The van der Waals surface area contributed by atoms with Gasteiger partial charge in [-0.05, 0) is 6.42 Å². The number of aliphatic hydroxyl groups is 1. The highest BCUT2D eigenvalue weighted by Crippen LogP contribution is 2.28. The van der Waals surface area contributed by atoms with Crippen LogP contribution in [0.4, 0.5) is 0 Å². The van der Waals surface area contributed by atoms with E-state index in [4.69, 9.17) is 5.11 Å². The lowest BCUT2D eigenvalue weighted by Gasteiger charge is -2.01. The van der Waals surface area contributed by atoms with Crippen molar-refractivity contribution in [3.8, 4) is 0 Å². The lowest BCUT2D eigenvalue weighted by atomic mass is 10.0. The van der Waals surface area contributed by atoms with Gasteiger partial charge in [0, 0.05) is 17.7 Å². The fourth-order valence-corrected chi connectivity index (χ4v) is 1.80. The molecule has 0 saturated carbocycles. The SMILES string of the molecule is O=C1c2ccccc2C(=O)C1CCO.